The van der Waals surface area contributed by atoms with Crippen molar-refractivity contribution in [3.63, 3.8) is 0 Å². The van der Waals surface area contributed by atoms with Crippen LogP contribution in [0, 0.1) is 0 Å². The fraction of sp³-hybridized carbons (Fsp3) is 0.385. The highest BCUT2D eigenvalue weighted by atomic mass is 32.1. The summed E-state index contributed by atoms with van der Waals surface area (Å²) < 4.78 is 0. The van der Waals surface area contributed by atoms with Crippen molar-refractivity contribution in [3.05, 3.63) is 39.7 Å². The van der Waals surface area contributed by atoms with Gasteiger partial charge >= 0.3 is 0 Å². The summed E-state index contributed by atoms with van der Waals surface area (Å²) in [6.07, 6.45) is 2.79. The summed E-state index contributed by atoms with van der Waals surface area (Å²) >= 11 is 1.85. The lowest BCUT2D eigenvalue weighted by Crippen LogP contribution is -2.34. The molecule has 2 aromatic heterocycles. The first-order valence-electron chi connectivity index (χ1n) is 6.15. The van der Waals surface area contributed by atoms with E-state index in [1.165, 1.54) is 10.4 Å². The predicted molar refractivity (Wildman–Crippen MR) is 73.7 cm³/mol. The molecule has 1 aliphatic rings. The lowest BCUT2D eigenvalue weighted by molar-refractivity contribution is 0.616. The number of nitrogens with zero attached hydrogens (tertiary/aromatic N) is 3. The third-order valence-electron chi connectivity index (χ3n) is 3.55. The highest BCUT2D eigenvalue weighted by molar-refractivity contribution is 7.10. The van der Waals surface area contributed by atoms with Gasteiger partial charge < -0.3 is 10.6 Å². The van der Waals surface area contributed by atoms with Gasteiger partial charge in [-0.25, -0.2) is 0 Å². The first-order chi connectivity index (χ1) is 8.81. The molecule has 1 aliphatic heterocycles. The van der Waals surface area contributed by atoms with Gasteiger partial charge in [0.05, 0.1) is 12.2 Å². The van der Waals surface area contributed by atoms with Crippen LogP contribution < -0.4 is 10.6 Å². The molecular formula is C13H16N4S. The number of anilines is 1. The summed E-state index contributed by atoms with van der Waals surface area (Å²) in [5, 5.41) is 10.5. The van der Waals surface area contributed by atoms with E-state index < -0.39 is 0 Å². The van der Waals surface area contributed by atoms with E-state index in [0.717, 1.165) is 24.3 Å². The Hall–Kier alpha value is -1.46. The number of thiophene rings is 1. The molecule has 0 bridgehead atoms. The maximum Gasteiger partial charge on any atom is 0.156 e. The van der Waals surface area contributed by atoms with Crippen molar-refractivity contribution in [2.75, 3.05) is 11.4 Å². The molecule has 0 saturated carbocycles. The van der Waals surface area contributed by atoms with E-state index in [0.29, 0.717) is 12.6 Å². The van der Waals surface area contributed by atoms with Gasteiger partial charge in [0.15, 0.2) is 5.82 Å². The summed E-state index contributed by atoms with van der Waals surface area (Å²) in [5.41, 5.74) is 8.27. The standard InChI is InChI=1S/C13H16N4S/c1-9-11-4-7-18-12(11)3-6-17(9)13-10(8-14)2-5-15-16-13/h2,4-5,7,9H,3,6,8,14H2,1H3. The Balaban J connectivity index is 1.99. The molecule has 2 aromatic rings. The number of nitrogens with two attached hydrogens (primary N) is 1. The molecular weight excluding hydrogens is 244 g/mol. The van der Waals surface area contributed by atoms with E-state index in [1.807, 2.05) is 17.4 Å². The number of hydrogen-bond acceptors (Lipinski definition) is 5. The molecule has 0 aliphatic carbocycles. The smallest absolute Gasteiger partial charge is 0.156 e. The van der Waals surface area contributed by atoms with Crippen LogP contribution in [0.15, 0.2) is 23.7 Å². The molecule has 2 N–H and O–H groups in total. The minimum atomic E-state index is 0.349. The number of fused-ring (bicyclic) bond motifs is 1. The van der Waals surface area contributed by atoms with Gasteiger partial charge in [-0.1, -0.05) is 0 Å². The Bertz CT molecular complexity index is 551. The third-order valence-corrected chi connectivity index (χ3v) is 4.55. The van der Waals surface area contributed by atoms with Crippen LogP contribution in [0.5, 0.6) is 0 Å². The van der Waals surface area contributed by atoms with Gasteiger partial charge in [-0.2, -0.15) is 5.10 Å². The lowest BCUT2D eigenvalue weighted by Gasteiger charge is -2.35. The average Bonchev–Trinajstić information content (AvgIpc) is 2.88. The summed E-state index contributed by atoms with van der Waals surface area (Å²) in [4.78, 5) is 3.81. The van der Waals surface area contributed by atoms with Gasteiger partial charge in [0.1, 0.15) is 0 Å². The second-order valence-electron chi connectivity index (χ2n) is 4.50. The van der Waals surface area contributed by atoms with Crippen LogP contribution in [0.4, 0.5) is 5.82 Å². The second-order valence-corrected chi connectivity index (χ2v) is 5.50. The van der Waals surface area contributed by atoms with Crippen LogP contribution in [0.3, 0.4) is 0 Å². The van der Waals surface area contributed by atoms with Crippen molar-refractivity contribution in [1.82, 2.24) is 10.2 Å². The molecule has 0 saturated heterocycles. The Morgan fingerprint density at radius 1 is 1.50 bits per heavy atom. The quantitative estimate of drug-likeness (QED) is 0.898. The second kappa shape index (κ2) is 4.66. The van der Waals surface area contributed by atoms with Crippen molar-refractivity contribution >= 4 is 17.2 Å². The van der Waals surface area contributed by atoms with Gasteiger partial charge in [0, 0.05) is 23.5 Å². The van der Waals surface area contributed by atoms with Crippen LogP contribution in [0.1, 0.15) is 29.0 Å². The van der Waals surface area contributed by atoms with Gasteiger partial charge in [-0.05, 0) is 36.4 Å². The van der Waals surface area contributed by atoms with Crippen molar-refractivity contribution in [1.29, 1.82) is 0 Å². The number of hydrogen-bond donors (Lipinski definition) is 1. The van der Waals surface area contributed by atoms with E-state index in [2.05, 4.69) is 33.5 Å². The van der Waals surface area contributed by atoms with Crippen LogP contribution in [-0.4, -0.2) is 16.7 Å². The first-order valence-corrected chi connectivity index (χ1v) is 7.02. The predicted octanol–water partition coefficient (Wildman–Crippen LogP) is 2.12. The molecule has 3 rings (SSSR count). The van der Waals surface area contributed by atoms with Gasteiger partial charge in [0.25, 0.3) is 0 Å². The molecule has 0 fully saturated rings. The average molecular weight is 260 g/mol. The van der Waals surface area contributed by atoms with Crippen LogP contribution in [-0.2, 0) is 13.0 Å². The van der Waals surface area contributed by atoms with E-state index in [-0.39, 0.29) is 0 Å². The molecule has 0 radical (unpaired) electrons. The van der Waals surface area contributed by atoms with Gasteiger partial charge in [0.2, 0.25) is 0 Å². The Labute approximate surface area is 110 Å². The SMILES string of the molecule is CC1c2ccsc2CCN1c1nnccc1CN. The summed E-state index contributed by atoms with van der Waals surface area (Å²) in [6.45, 7) is 3.71. The minimum absolute atomic E-state index is 0.349. The molecule has 0 spiro atoms. The molecule has 1 unspecified atom stereocenters. The maximum absolute atomic E-state index is 5.78. The zero-order valence-electron chi connectivity index (χ0n) is 10.3. The largest absolute Gasteiger partial charge is 0.348 e. The van der Waals surface area contributed by atoms with Crippen molar-refractivity contribution in [3.8, 4) is 0 Å². The summed E-state index contributed by atoms with van der Waals surface area (Å²) in [5.74, 6) is 0.935. The summed E-state index contributed by atoms with van der Waals surface area (Å²) in [6, 6.07) is 4.52. The molecule has 0 aromatic carbocycles. The van der Waals surface area contributed by atoms with Crippen LogP contribution >= 0.6 is 11.3 Å². The fourth-order valence-corrected chi connectivity index (χ4v) is 3.51. The third kappa shape index (κ3) is 1.79. The normalized spacial score (nSPS) is 18.8. The topological polar surface area (TPSA) is 55.0 Å². The first kappa shape index (κ1) is 11.6. The fourth-order valence-electron chi connectivity index (χ4n) is 2.55. The zero-order valence-corrected chi connectivity index (χ0v) is 11.2. The van der Waals surface area contributed by atoms with E-state index in [4.69, 9.17) is 5.73 Å². The Kier molecular flexibility index (Phi) is 3.01. The molecule has 94 valence electrons. The van der Waals surface area contributed by atoms with E-state index in [9.17, 15) is 0 Å². The molecule has 3 heterocycles. The number of rotatable bonds is 2. The molecule has 0 amide bonds. The van der Waals surface area contributed by atoms with Crippen molar-refractivity contribution < 1.29 is 0 Å². The monoisotopic (exact) mass is 260 g/mol. The Morgan fingerprint density at radius 2 is 2.39 bits per heavy atom. The minimum Gasteiger partial charge on any atom is -0.348 e. The summed E-state index contributed by atoms with van der Waals surface area (Å²) in [7, 11) is 0. The van der Waals surface area contributed by atoms with E-state index in [1.54, 1.807) is 6.20 Å². The number of aromatic nitrogens is 2. The molecule has 5 heteroatoms. The van der Waals surface area contributed by atoms with E-state index >= 15 is 0 Å². The van der Waals surface area contributed by atoms with Crippen LogP contribution in [0.25, 0.3) is 0 Å². The molecule has 1 atom stereocenters. The van der Waals surface area contributed by atoms with Gasteiger partial charge in [-0.3, -0.25) is 0 Å². The van der Waals surface area contributed by atoms with Crippen molar-refractivity contribution in [2.45, 2.75) is 25.9 Å². The highest BCUT2D eigenvalue weighted by Crippen LogP contribution is 2.35. The highest BCUT2D eigenvalue weighted by Gasteiger charge is 2.27. The van der Waals surface area contributed by atoms with Crippen molar-refractivity contribution in [2.24, 2.45) is 5.73 Å². The molecule has 18 heavy (non-hydrogen) atoms. The van der Waals surface area contributed by atoms with Crippen LogP contribution in [0.2, 0.25) is 0 Å². The lowest BCUT2D eigenvalue weighted by atomic mass is 10.0. The maximum atomic E-state index is 5.78. The van der Waals surface area contributed by atoms with Gasteiger partial charge in [-0.15, -0.1) is 16.4 Å². The molecule has 4 nitrogen and oxygen atoms in total. The zero-order chi connectivity index (χ0) is 12.5. The Morgan fingerprint density at radius 3 is 3.22 bits per heavy atom.